The minimum Gasteiger partial charge on any atom is -0.481 e. The van der Waals surface area contributed by atoms with Crippen LogP contribution in [-0.2, 0) is 56.4 Å². The fraction of sp³-hybridized carbons (Fsp3) is 0.400. The molecule has 2 unspecified atom stereocenters. The van der Waals surface area contributed by atoms with Crippen LogP contribution in [-0.4, -0.2) is 66.8 Å². The number of aryl methyl sites for hydroxylation is 1. The summed E-state index contributed by atoms with van der Waals surface area (Å²) in [4.78, 5) is 12.3. The lowest BCUT2D eigenvalue weighted by Crippen LogP contribution is -2.22. The summed E-state index contributed by atoms with van der Waals surface area (Å²) in [6.07, 6.45) is 12.2. The molecule has 1 aliphatic carbocycles. The van der Waals surface area contributed by atoms with Gasteiger partial charge in [-0.1, -0.05) is 66.8 Å². The third-order valence-corrected chi connectivity index (χ3v) is 13.5. The quantitative estimate of drug-likeness (QED) is 0.0173. The van der Waals surface area contributed by atoms with Gasteiger partial charge in [0.2, 0.25) is 0 Å². The van der Waals surface area contributed by atoms with Gasteiger partial charge in [0, 0.05) is 32.2 Å². The molecule has 0 radical (unpaired) electrons. The second-order valence-electron chi connectivity index (χ2n) is 13.1. The average molecular weight is 847 g/mol. The van der Waals surface area contributed by atoms with Crippen molar-refractivity contribution in [3.63, 3.8) is 0 Å². The van der Waals surface area contributed by atoms with Crippen molar-refractivity contribution in [2.75, 3.05) is 11.5 Å². The van der Waals surface area contributed by atoms with E-state index < -0.39 is 53.2 Å². The molecule has 1 heterocycles. The fourth-order valence-electron chi connectivity index (χ4n) is 6.92. The Bertz CT molecular complexity index is 2240. The summed E-state index contributed by atoms with van der Waals surface area (Å²) in [7, 11) is -13.0. The van der Waals surface area contributed by atoms with Gasteiger partial charge >= 0.3 is 5.97 Å². The van der Waals surface area contributed by atoms with Gasteiger partial charge in [-0.2, -0.15) is 25.3 Å². The standard InChI is InChI=1S/C35H42O14S5/c1-35(19-7-3-6-14-34(36)37)30(26(10-8-20-52(39,40)41)27-18-16-25(23-31(27)35)54(45,46)47)12-4-2-5-13-32-28(11-9-21-53(42,43)44)29-17-15-24(51-49-48-38)22-33(29)50-32/h2,4-5,12-13,15-18,22-23,26,38H,3,6-11,14,19-21H2,1H3,(H,36,37)(H,39,40,41)(H,42,43,44)(H,45,46,47)/b4-2+,13-5+,30-12+. The molecule has 14 nitrogen and oxygen atoms in total. The molecule has 0 amide bonds. The molecule has 4 rings (SSSR count). The van der Waals surface area contributed by atoms with Crippen molar-refractivity contribution in [2.45, 2.75) is 85.8 Å². The SMILES string of the molecule is CC1(CCCCCC(=O)O)/C(=C/C=C/C=C/c2sc3cc(SOOO)ccc3c2CCCS(=O)(=O)O)C(CCCS(=O)(=O)O)c2ccc(S(=O)(=O)O)cc21. The Hall–Kier alpha value is -2.95. The summed E-state index contributed by atoms with van der Waals surface area (Å²) in [6, 6.07) is 9.75. The number of hydrogen-bond donors (Lipinski definition) is 5. The number of benzene rings is 2. The Balaban J connectivity index is 1.72. The number of carboxylic acids is 1. The van der Waals surface area contributed by atoms with Gasteiger partial charge in [0.15, 0.2) is 0 Å². The monoisotopic (exact) mass is 846 g/mol. The molecule has 3 aromatic rings. The molecule has 296 valence electrons. The predicted octanol–water partition coefficient (Wildman–Crippen LogP) is 7.65. The molecule has 0 saturated heterocycles. The minimum absolute atomic E-state index is 0.00546. The number of carboxylic acid groups (broad SMARTS) is 1. The van der Waals surface area contributed by atoms with Gasteiger partial charge < -0.3 is 5.11 Å². The lowest BCUT2D eigenvalue weighted by atomic mass is 9.74. The third-order valence-electron chi connectivity index (χ3n) is 9.30. The first kappa shape index (κ1) is 43.8. The Kier molecular flexibility index (Phi) is 15.2. The van der Waals surface area contributed by atoms with Crippen LogP contribution in [0.4, 0.5) is 0 Å². The molecule has 5 N–H and O–H groups in total. The number of unbranched alkanes of at least 4 members (excludes halogenated alkanes) is 2. The Labute approximate surface area is 322 Å². The summed E-state index contributed by atoms with van der Waals surface area (Å²) < 4.78 is 104. The molecule has 19 heteroatoms. The maximum atomic E-state index is 12.2. The van der Waals surface area contributed by atoms with Crippen LogP contribution in [0, 0.1) is 0 Å². The summed E-state index contributed by atoms with van der Waals surface area (Å²) in [5.41, 5.74) is 2.36. The lowest BCUT2D eigenvalue weighted by molar-refractivity contribution is -0.432. The number of hydrogen-bond acceptors (Lipinski definition) is 12. The molecular weight excluding hydrogens is 805 g/mol. The zero-order chi connectivity index (χ0) is 39.7. The number of allylic oxidation sites excluding steroid dienone is 5. The van der Waals surface area contributed by atoms with Crippen molar-refractivity contribution < 1.29 is 63.4 Å². The van der Waals surface area contributed by atoms with Gasteiger partial charge in [0.25, 0.3) is 30.4 Å². The topological polar surface area (TPSA) is 239 Å². The summed E-state index contributed by atoms with van der Waals surface area (Å²) in [5, 5.41) is 22.2. The van der Waals surface area contributed by atoms with Gasteiger partial charge in [-0.3, -0.25) is 18.5 Å². The molecule has 0 spiro atoms. The van der Waals surface area contributed by atoms with Crippen molar-refractivity contribution >= 4 is 75.9 Å². The second-order valence-corrected chi connectivity index (χ2v) is 19.5. The van der Waals surface area contributed by atoms with Crippen LogP contribution in [0.15, 0.2) is 76.1 Å². The molecular formula is C35H42O14S5. The van der Waals surface area contributed by atoms with Crippen LogP contribution < -0.4 is 0 Å². The normalized spacial score (nSPS) is 18.8. The highest BCUT2D eigenvalue weighted by Gasteiger charge is 2.44. The smallest absolute Gasteiger partial charge is 0.303 e. The first-order valence-corrected chi connectivity index (χ1v) is 23.0. The number of thiophene rings is 1. The summed E-state index contributed by atoms with van der Waals surface area (Å²) in [6.45, 7) is 1.94. The Morgan fingerprint density at radius 3 is 2.30 bits per heavy atom. The molecule has 0 aliphatic heterocycles. The largest absolute Gasteiger partial charge is 0.481 e. The van der Waals surface area contributed by atoms with Crippen LogP contribution >= 0.6 is 23.4 Å². The van der Waals surface area contributed by atoms with Crippen LogP contribution in [0.5, 0.6) is 0 Å². The van der Waals surface area contributed by atoms with E-state index in [0.717, 1.165) is 43.7 Å². The zero-order valence-electron chi connectivity index (χ0n) is 29.2. The van der Waals surface area contributed by atoms with Crippen LogP contribution in [0.25, 0.3) is 16.2 Å². The fourth-order valence-corrected chi connectivity index (χ4v) is 10.1. The van der Waals surface area contributed by atoms with Gasteiger partial charge in [-0.15, -0.1) is 15.7 Å². The highest BCUT2D eigenvalue weighted by atomic mass is 32.2. The van der Waals surface area contributed by atoms with Crippen molar-refractivity contribution in [2.24, 2.45) is 0 Å². The highest BCUT2D eigenvalue weighted by molar-refractivity contribution is 7.94. The zero-order valence-corrected chi connectivity index (χ0v) is 33.2. The van der Waals surface area contributed by atoms with Crippen molar-refractivity contribution in [3.8, 4) is 0 Å². The molecule has 2 atom stereocenters. The van der Waals surface area contributed by atoms with Crippen molar-refractivity contribution in [1.82, 2.24) is 0 Å². The Morgan fingerprint density at radius 1 is 0.907 bits per heavy atom. The first-order chi connectivity index (χ1) is 25.3. The number of carbonyl (C=O) groups is 1. The van der Waals surface area contributed by atoms with E-state index in [4.69, 9.17) is 10.4 Å². The second kappa shape index (κ2) is 18.8. The van der Waals surface area contributed by atoms with E-state index in [-0.39, 0.29) is 30.1 Å². The molecule has 0 bridgehead atoms. The van der Waals surface area contributed by atoms with Crippen LogP contribution in [0.1, 0.15) is 85.8 Å². The van der Waals surface area contributed by atoms with E-state index in [1.807, 2.05) is 31.2 Å². The van der Waals surface area contributed by atoms with E-state index in [9.17, 15) is 43.7 Å². The average Bonchev–Trinajstić information content (AvgIpc) is 3.52. The number of aliphatic carboxylic acids is 1. The van der Waals surface area contributed by atoms with Crippen LogP contribution in [0.3, 0.4) is 0 Å². The first-order valence-electron chi connectivity index (χ1n) is 16.8. The van der Waals surface area contributed by atoms with Crippen LogP contribution in [0.2, 0.25) is 0 Å². The maximum Gasteiger partial charge on any atom is 0.303 e. The molecule has 1 aliphatic rings. The lowest BCUT2D eigenvalue weighted by Gasteiger charge is -2.30. The van der Waals surface area contributed by atoms with Gasteiger partial charge in [-0.25, -0.2) is 5.26 Å². The van der Waals surface area contributed by atoms with E-state index in [1.54, 1.807) is 30.4 Å². The summed E-state index contributed by atoms with van der Waals surface area (Å²) in [5.74, 6) is -2.15. The highest BCUT2D eigenvalue weighted by Crippen LogP contribution is 2.55. The molecule has 54 heavy (non-hydrogen) atoms. The van der Waals surface area contributed by atoms with Crippen molar-refractivity contribution in [1.29, 1.82) is 0 Å². The molecule has 2 aromatic carbocycles. The minimum atomic E-state index is -4.55. The molecule has 0 fully saturated rings. The summed E-state index contributed by atoms with van der Waals surface area (Å²) >= 11 is 2.24. The van der Waals surface area contributed by atoms with Gasteiger partial charge in [0.1, 0.15) is 0 Å². The Morgan fingerprint density at radius 2 is 1.63 bits per heavy atom. The van der Waals surface area contributed by atoms with E-state index >= 15 is 0 Å². The van der Waals surface area contributed by atoms with Gasteiger partial charge in [-0.05, 0) is 90.9 Å². The third kappa shape index (κ3) is 12.3. The molecule has 1 aromatic heterocycles. The van der Waals surface area contributed by atoms with Crippen molar-refractivity contribution in [3.05, 3.63) is 87.8 Å². The number of rotatable bonds is 21. The van der Waals surface area contributed by atoms with E-state index in [2.05, 4.69) is 9.37 Å². The maximum absolute atomic E-state index is 12.2. The van der Waals surface area contributed by atoms with E-state index in [0.29, 0.717) is 49.0 Å². The number of fused-ring (bicyclic) bond motifs is 2. The predicted molar refractivity (Wildman–Crippen MR) is 206 cm³/mol. The van der Waals surface area contributed by atoms with E-state index in [1.165, 1.54) is 23.5 Å². The molecule has 0 saturated carbocycles. The van der Waals surface area contributed by atoms with Gasteiger partial charge in [0.05, 0.1) is 28.4 Å².